The molecule has 6 heteroatoms. The van der Waals surface area contributed by atoms with Gasteiger partial charge in [-0.15, -0.1) is 0 Å². The molecule has 0 spiro atoms. The first-order chi connectivity index (χ1) is 8.76. The third-order valence-electron chi connectivity index (χ3n) is 1.88. The molecular weight excluding hydrogens is 234 g/mol. The van der Waals surface area contributed by atoms with E-state index in [1.54, 1.807) is 24.3 Å². The van der Waals surface area contributed by atoms with Crippen LogP contribution in [0.2, 0.25) is 0 Å². The highest BCUT2D eigenvalue weighted by Gasteiger charge is 2.00. The Bertz CT molecular complexity index is 508. The minimum atomic E-state index is -0.437. The maximum Gasteiger partial charge on any atom is 0.343 e. The van der Waals surface area contributed by atoms with Gasteiger partial charge in [-0.25, -0.2) is 4.79 Å². The van der Waals surface area contributed by atoms with Crippen molar-refractivity contribution in [1.29, 1.82) is 0 Å². The van der Waals surface area contributed by atoms with Crippen molar-refractivity contribution in [2.75, 3.05) is 20.3 Å². The Morgan fingerprint density at radius 3 is 2.78 bits per heavy atom. The maximum atomic E-state index is 10.8. The van der Waals surface area contributed by atoms with Crippen LogP contribution in [0, 0.1) is 11.8 Å². The minimum absolute atomic E-state index is 0.127. The number of carbonyl (C=O) groups is 1. The van der Waals surface area contributed by atoms with E-state index in [2.05, 4.69) is 26.6 Å². The van der Waals surface area contributed by atoms with Crippen LogP contribution in [0.3, 0.4) is 0 Å². The summed E-state index contributed by atoms with van der Waals surface area (Å²) in [5, 5.41) is 3.29. The van der Waals surface area contributed by atoms with Crippen LogP contribution in [0.5, 0.6) is 5.75 Å². The highest BCUT2D eigenvalue weighted by Crippen LogP contribution is 2.11. The second kappa shape index (κ2) is 7.60. The molecule has 0 aliphatic carbocycles. The Morgan fingerprint density at radius 2 is 2.17 bits per heavy atom. The van der Waals surface area contributed by atoms with Crippen molar-refractivity contribution in [3.63, 3.8) is 0 Å². The molecule has 1 aromatic rings. The zero-order valence-electron chi connectivity index (χ0n) is 9.79. The lowest BCUT2D eigenvalue weighted by molar-refractivity contribution is -0.142. The zero-order valence-corrected chi connectivity index (χ0v) is 9.79. The van der Waals surface area contributed by atoms with Crippen LogP contribution in [0.4, 0.5) is 0 Å². The number of esters is 1. The van der Waals surface area contributed by atoms with Gasteiger partial charge in [-0.2, -0.15) is 0 Å². The molecular formula is C12H11N3O3. The molecule has 1 aromatic carbocycles. The number of ether oxygens (including phenoxy) is 2. The van der Waals surface area contributed by atoms with E-state index in [1.165, 1.54) is 7.11 Å². The van der Waals surface area contributed by atoms with Gasteiger partial charge in [0.05, 0.1) is 13.7 Å². The molecule has 0 heterocycles. The molecule has 92 valence electrons. The Labute approximate surface area is 104 Å². The smallest absolute Gasteiger partial charge is 0.343 e. The fraction of sp³-hybridized carbons (Fsp3) is 0.250. The monoisotopic (exact) mass is 245 g/mol. The maximum absolute atomic E-state index is 10.8. The van der Waals surface area contributed by atoms with Gasteiger partial charge in [-0.1, -0.05) is 17.0 Å². The number of methoxy groups -OCH3 is 1. The summed E-state index contributed by atoms with van der Waals surface area (Å²) in [5.74, 6) is 5.64. The van der Waals surface area contributed by atoms with Gasteiger partial charge in [-0.3, -0.25) is 0 Å². The molecule has 0 saturated heterocycles. The van der Waals surface area contributed by atoms with Crippen LogP contribution in [0.1, 0.15) is 5.56 Å². The summed E-state index contributed by atoms with van der Waals surface area (Å²) < 4.78 is 9.61. The molecule has 0 aliphatic rings. The lowest BCUT2D eigenvalue weighted by Crippen LogP contribution is -2.12. The average molecular weight is 245 g/mol. The van der Waals surface area contributed by atoms with Crippen LogP contribution in [0.25, 0.3) is 10.4 Å². The second-order valence-electron chi connectivity index (χ2n) is 3.08. The van der Waals surface area contributed by atoms with E-state index < -0.39 is 5.97 Å². The largest absolute Gasteiger partial charge is 0.482 e. The minimum Gasteiger partial charge on any atom is -0.482 e. The lowest BCUT2D eigenvalue weighted by Gasteiger charge is -2.03. The van der Waals surface area contributed by atoms with Crippen molar-refractivity contribution >= 4 is 5.97 Å². The Hall–Kier alpha value is -2.64. The molecule has 0 aromatic heterocycles. The predicted octanol–water partition coefficient (Wildman–Crippen LogP) is 1.90. The summed E-state index contributed by atoms with van der Waals surface area (Å²) in [4.78, 5) is 13.4. The van der Waals surface area contributed by atoms with Crippen molar-refractivity contribution in [2.24, 2.45) is 5.11 Å². The highest BCUT2D eigenvalue weighted by molar-refractivity contribution is 5.70. The molecule has 18 heavy (non-hydrogen) atoms. The first-order valence-corrected chi connectivity index (χ1v) is 5.05. The zero-order chi connectivity index (χ0) is 13.2. The first kappa shape index (κ1) is 13.4. The van der Waals surface area contributed by atoms with Gasteiger partial charge in [0.25, 0.3) is 0 Å². The fourth-order valence-corrected chi connectivity index (χ4v) is 1.04. The molecule has 0 N–H and O–H groups in total. The molecule has 0 atom stereocenters. The molecule has 0 saturated carbocycles. The lowest BCUT2D eigenvalue weighted by atomic mass is 10.2. The van der Waals surface area contributed by atoms with Crippen LogP contribution in [0.15, 0.2) is 29.4 Å². The van der Waals surface area contributed by atoms with Gasteiger partial charge in [0, 0.05) is 10.5 Å². The average Bonchev–Trinajstić information content (AvgIpc) is 2.42. The fourth-order valence-electron chi connectivity index (χ4n) is 1.04. The summed E-state index contributed by atoms with van der Waals surface area (Å²) in [6.07, 6.45) is 0. The molecule has 0 bridgehead atoms. The summed E-state index contributed by atoms with van der Waals surface area (Å²) in [6, 6.07) is 6.88. The molecule has 1 rings (SSSR count). The summed E-state index contributed by atoms with van der Waals surface area (Å²) in [7, 11) is 1.30. The van der Waals surface area contributed by atoms with E-state index in [1.807, 2.05) is 0 Å². The Kier molecular flexibility index (Phi) is 5.67. The number of nitrogens with zero attached hydrogens (tertiary/aromatic N) is 3. The van der Waals surface area contributed by atoms with E-state index in [0.717, 1.165) is 5.56 Å². The van der Waals surface area contributed by atoms with E-state index in [0.29, 0.717) is 5.75 Å². The molecule has 0 radical (unpaired) electrons. The quantitative estimate of drug-likeness (QED) is 0.267. The van der Waals surface area contributed by atoms with Crippen molar-refractivity contribution < 1.29 is 14.3 Å². The second-order valence-corrected chi connectivity index (χ2v) is 3.08. The standard InChI is InChI=1S/C12H11N3O3/c1-17-12(16)9-18-11-6-4-10(5-7-11)3-2-8-14-15-13/h4-7H,8-9H2,1H3. The summed E-state index contributed by atoms with van der Waals surface area (Å²) in [5.41, 5.74) is 8.83. The van der Waals surface area contributed by atoms with Gasteiger partial charge >= 0.3 is 5.97 Å². The Balaban J connectivity index is 2.53. The molecule has 0 amide bonds. The van der Waals surface area contributed by atoms with Gasteiger partial charge in [0.2, 0.25) is 0 Å². The summed E-state index contributed by atoms with van der Waals surface area (Å²) >= 11 is 0. The molecule has 0 fully saturated rings. The van der Waals surface area contributed by atoms with Crippen molar-refractivity contribution in [2.45, 2.75) is 0 Å². The third-order valence-corrected chi connectivity index (χ3v) is 1.88. The SMILES string of the molecule is COC(=O)COc1ccc(C#CCN=[N+]=[N-])cc1. The summed E-state index contributed by atoms with van der Waals surface area (Å²) in [6.45, 7) is 0.00943. The topological polar surface area (TPSA) is 84.3 Å². The number of azide groups is 1. The number of hydrogen-bond donors (Lipinski definition) is 0. The van der Waals surface area contributed by atoms with Crippen molar-refractivity contribution in [3.8, 4) is 17.6 Å². The number of benzene rings is 1. The number of hydrogen-bond acceptors (Lipinski definition) is 4. The normalized spacial score (nSPS) is 8.50. The van der Waals surface area contributed by atoms with Gasteiger partial charge < -0.3 is 9.47 Å². The van der Waals surface area contributed by atoms with Gasteiger partial charge in [-0.05, 0) is 29.8 Å². The van der Waals surface area contributed by atoms with E-state index >= 15 is 0 Å². The predicted molar refractivity (Wildman–Crippen MR) is 64.8 cm³/mol. The first-order valence-electron chi connectivity index (χ1n) is 5.05. The molecule has 6 nitrogen and oxygen atoms in total. The van der Waals surface area contributed by atoms with Crippen LogP contribution >= 0.6 is 0 Å². The number of carbonyl (C=O) groups excluding carboxylic acids is 1. The van der Waals surface area contributed by atoms with E-state index in [9.17, 15) is 4.79 Å². The number of rotatable bonds is 4. The Morgan fingerprint density at radius 1 is 1.44 bits per heavy atom. The van der Waals surface area contributed by atoms with Crippen LogP contribution < -0.4 is 4.74 Å². The van der Waals surface area contributed by atoms with Gasteiger partial charge in [0.15, 0.2) is 6.61 Å². The van der Waals surface area contributed by atoms with Gasteiger partial charge in [0.1, 0.15) is 5.75 Å². The van der Waals surface area contributed by atoms with Crippen molar-refractivity contribution in [3.05, 3.63) is 40.3 Å². The van der Waals surface area contributed by atoms with E-state index in [4.69, 9.17) is 10.3 Å². The highest BCUT2D eigenvalue weighted by atomic mass is 16.6. The molecule has 0 unspecified atom stereocenters. The van der Waals surface area contributed by atoms with Crippen LogP contribution in [-0.4, -0.2) is 26.2 Å². The third kappa shape index (κ3) is 4.92. The van der Waals surface area contributed by atoms with E-state index in [-0.39, 0.29) is 13.2 Å². The molecule has 0 aliphatic heterocycles. The van der Waals surface area contributed by atoms with Crippen LogP contribution in [-0.2, 0) is 9.53 Å². The van der Waals surface area contributed by atoms with Crippen molar-refractivity contribution in [1.82, 2.24) is 0 Å².